The highest BCUT2D eigenvalue weighted by atomic mass is 15.1. The van der Waals surface area contributed by atoms with Crippen molar-refractivity contribution < 1.29 is 4.57 Å². The van der Waals surface area contributed by atoms with Crippen molar-refractivity contribution >= 4 is 0 Å². The van der Waals surface area contributed by atoms with Gasteiger partial charge in [0.2, 0.25) is 6.33 Å². The van der Waals surface area contributed by atoms with E-state index in [4.69, 9.17) is 0 Å². The number of imidazole rings is 1. The van der Waals surface area contributed by atoms with Crippen LogP contribution in [-0.4, -0.2) is 4.57 Å². The fraction of sp³-hybridized carbons (Fsp3) is 0.850. The molecule has 1 unspecified atom stereocenters. The van der Waals surface area contributed by atoms with Crippen LogP contribution in [0.4, 0.5) is 0 Å². The molecule has 1 heterocycles. The van der Waals surface area contributed by atoms with Gasteiger partial charge in [0, 0.05) is 0 Å². The van der Waals surface area contributed by atoms with Crippen molar-refractivity contribution in [1.29, 1.82) is 0 Å². The van der Waals surface area contributed by atoms with Gasteiger partial charge in [0.15, 0.2) is 0 Å². The summed E-state index contributed by atoms with van der Waals surface area (Å²) in [5.74, 6) is 0. The Kier molecular flexibility index (Phi) is 11.1. The van der Waals surface area contributed by atoms with Gasteiger partial charge in [-0.25, -0.2) is 9.13 Å². The van der Waals surface area contributed by atoms with Gasteiger partial charge in [0.1, 0.15) is 12.4 Å². The highest BCUT2D eigenvalue weighted by molar-refractivity contribution is 4.72. The highest BCUT2D eigenvalue weighted by Gasteiger charge is 2.09. The van der Waals surface area contributed by atoms with Gasteiger partial charge in [0.05, 0.1) is 13.1 Å². The highest BCUT2D eigenvalue weighted by Crippen LogP contribution is 2.16. The molecule has 0 saturated heterocycles. The summed E-state index contributed by atoms with van der Waals surface area (Å²) >= 11 is 0. The molecule has 128 valence electrons. The monoisotopic (exact) mass is 307 g/mol. The Balaban J connectivity index is 1.83. The fourth-order valence-corrected chi connectivity index (χ4v) is 3.16. The Morgan fingerprint density at radius 3 is 1.77 bits per heavy atom. The summed E-state index contributed by atoms with van der Waals surface area (Å²) < 4.78 is 4.46. The van der Waals surface area contributed by atoms with Gasteiger partial charge in [-0.3, -0.25) is 0 Å². The van der Waals surface area contributed by atoms with Gasteiger partial charge in [-0.1, -0.05) is 77.6 Å². The maximum atomic E-state index is 2.33. The van der Waals surface area contributed by atoms with Crippen LogP contribution >= 0.6 is 0 Å². The third kappa shape index (κ3) is 9.27. The van der Waals surface area contributed by atoms with E-state index in [2.05, 4.69) is 48.8 Å². The number of aryl methyl sites for hydroxylation is 1. The van der Waals surface area contributed by atoms with Gasteiger partial charge in [-0.2, -0.15) is 0 Å². The Bertz CT molecular complexity index is 356. The summed E-state index contributed by atoms with van der Waals surface area (Å²) in [7, 11) is 2.09. The molecular weight excluding hydrogens is 268 g/mol. The molecule has 2 heteroatoms. The minimum atomic E-state index is 0.643. The Morgan fingerprint density at radius 2 is 1.32 bits per heavy atom. The molecule has 2 nitrogen and oxygen atoms in total. The quantitative estimate of drug-likeness (QED) is 0.296. The van der Waals surface area contributed by atoms with Crippen molar-refractivity contribution in [2.45, 2.75) is 103 Å². The molecule has 22 heavy (non-hydrogen) atoms. The van der Waals surface area contributed by atoms with Gasteiger partial charge in [-0.15, -0.1) is 0 Å². The molecule has 1 aromatic rings. The molecule has 0 amide bonds. The molecule has 0 fully saturated rings. The predicted octanol–water partition coefficient (Wildman–Crippen LogP) is 5.96. The van der Waals surface area contributed by atoms with Gasteiger partial charge in [0.25, 0.3) is 0 Å². The molecule has 1 rings (SSSR count). The van der Waals surface area contributed by atoms with E-state index in [1.807, 2.05) is 0 Å². The zero-order valence-corrected chi connectivity index (χ0v) is 15.4. The van der Waals surface area contributed by atoms with E-state index in [0.29, 0.717) is 6.04 Å². The van der Waals surface area contributed by atoms with Crippen LogP contribution in [0.15, 0.2) is 18.7 Å². The van der Waals surface area contributed by atoms with Gasteiger partial charge >= 0.3 is 0 Å². The molecular formula is C20H39N2+. The molecule has 0 saturated carbocycles. The van der Waals surface area contributed by atoms with Crippen molar-refractivity contribution in [2.24, 2.45) is 7.05 Å². The van der Waals surface area contributed by atoms with Crippen LogP contribution in [0.3, 0.4) is 0 Å². The Hall–Kier alpha value is -0.790. The van der Waals surface area contributed by atoms with Crippen molar-refractivity contribution in [1.82, 2.24) is 4.57 Å². The van der Waals surface area contributed by atoms with Crippen LogP contribution in [0.2, 0.25) is 0 Å². The second-order valence-electron chi connectivity index (χ2n) is 7.05. The average molecular weight is 308 g/mol. The van der Waals surface area contributed by atoms with Crippen LogP contribution < -0.4 is 4.57 Å². The number of hydrogen-bond donors (Lipinski definition) is 0. The standard InChI is InChI=1S/C20H39N2/c1-4-5-6-7-8-9-10-11-12-13-14-15-16-20(2)22-18-17-21(3)19-22/h17-20H,4-16H2,1-3H3/q+1. The van der Waals surface area contributed by atoms with Crippen LogP contribution in [0, 0.1) is 0 Å². The minimum absolute atomic E-state index is 0.643. The maximum Gasteiger partial charge on any atom is 0.243 e. The Labute approximate surface area is 138 Å². The van der Waals surface area contributed by atoms with E-state index in [-0.39, 0.29) is 0 Å². The first-order valence-electron chi connectivity index (χ1n) is 9.76. The van der Waals surface area contributed by atoms with Crippen molar-refractivity contribution in [3.8, 4) is 0 Å². The molecule has 0 N–H and O–H groups in total. The van der Waals surface area contributed by atoms with E-state index < -0.39 is 0 Å². The van der Waals surface area contributed by atoms with E-state index in [1.165, 1.54) is 83.5 Å². The number of unbranched alkanes of at least 4 members (excludes halogenated alkanes) is 11. The summed E-state index contributed by atoms with van der Waals surface area (Å²) in [4.78, 5) is 0. The smallest absolute Gasteiger partial charge is 0.240 e. The van der Waals surface area contributed by atoms with Crippen molar-refractivity contribution in [3.05, 3.63) is 18.7 Å². The van der Waals surface area contributed by atoms with E-state index in [1.54, 1.807) is 0 Å². The van der Waals surface area contributed by atoms with Crippen LogP contribution in [0.1, 0.15) is 103 Å². The normalized spacial score (nSPS) is 12.7. The Morgan fingerprint density at radius 1 is 0.818 bits per heavy atom. The molecule has 0 aliphatic rings. The zero-order valence-electron chi connectivity index (χ0n) is 15.4. The first kappa shape index (κ1) is 19.3. The maximum absolute atomic E-state index is 2.33. The lowest BCUT2D eigenvalue weighted by molar-refractivity contribution is -0.671. The summed E-state index contributed by atoms with van der Waals surface area (Å²) in [6.45, 7) is 4.62. The first-order valence-corrected chi connectivity index (χ1v) is 9.76. The van der Waals surface area contributed by atoms with Gasteiger partial charge < -0.3 is 0 Å². The molecule has 1 aromatic heterocycles. The van der Waals surface area contributed by atoms with Gasteiger partial charge in [-0.05, 0) is 19.8 Å². The number of aromatic nitrogens is 2. The molecule has 0 bridgehead atoms. The van der Waals surface area contributed by atoms with Crippen molar-refractivity contribution in [3.63, 3.8) is 0 Å². The summed E-state index contributed by atoms with van der Waals surface area (Å²) in [5, 5.41) is 0. The number of nitrogens with zero attached hydrogens (tertiary/aromatic N) is 2. The summed E-state index contributed by atoms with van der Waals surface area (Å²) in [6, 6.07) is 0.643. The third-order valence-corrected chi connectivity index (χ3v) is 4.77. The number of hydrogen-bond acceptors (Lipinski definition) is 0. The lowest BCUT2D eigenvalue weighted by atomic mass is 10.0. The summed E-state index contributed by atoms with van der Waals surface area (Å²) in [5.41, 5.74) is 0. The van der Waals surface area contributed by atoms with E-state index in [9.17, 15) is 0 Å². The zero-order chi connectivity index (χ0) is 16.0. The second-order valence-corrected chi connectivity index (χ2v) is 7.05. The minimum Gasteiger partial charge on any atom is -0.240 e. The van der Waals surface area contributed by atoms with E-state index in [0.717, 1.165) is 0 Å². The molecule has 0 aromatic carbocycles. The third-order valence-electron chi connectivity index (χ3n) is 4.77. The topological polar surface area (TPSA) is 8.81 Å². The molecule has 0 spiro atoms. The SMILES string of the molecule is CCCCCCCCCCCCCCC(C)n1cc[n+](C)c1. The van der Waals surface area contributed by atoms with Crippen LogP contribution in [0.25, 0.3) is 0 Å². The molecule has 0 aliphatic heterocycles. The largest absolute Gasteiger partial charge is 0.243 e. The van der Waals surface area contributed by atoms with Crippen molar-refractivity contribution in [2.75, 3.05) is 0 Å². The molecule has 0 radical (unpaired) electrons. The first-order chi connectivity index (χ1) is 10.7. The second kappa shape index (κ2) is 12.7. The predicted molar refractivity (Wildman–Crippen MR) is 96.0 cm³/mol. The summed E-state index contributed by atoms with van der Waals surface area (Å²) in [6.07, 6.45) is 25.0. The fourth-order valence-electron chi connectivity index (χ4n) is 3.16. The lowest BCUT2D eigenvalue weighted by Gasteiger charge is -2.07. The van der Waals surface area contributed by atoms with E-state index >= 15 is 0 Å². The van der Waals surface area contributed by atoms with Crippen LogP contribution in [0.5, 0.6) is 0 Å². The lowest BCUT2D eigenvalue weighted by Crippen LogP contribution is -2.24. The average Bonchev–Trinajstić information content (AvgIpc) is 2.95. The van der Waals surface area contributed by atoms with Crippen LogP contribution in [-0.2, 0) is 7.05 Å². The number of rotatable bonds is 14. The molecule has 1 atom stereocenters. The molecule has 0 aliphatic carbocycles.